The van der Waals surface area contributed by atoms with Crippen LogP contribution in [-0.2, 0) is 13.1 Å². The number of likely N-dealkylation sites (tertiary alicyclic amines) is 1. The predicted molar refractivity (Wildman–Crippen MR) is 116 cm³/mol. The molecule has 0 aromatic heterocycles. The average molecular weight is 394 g/mol. The van der Waals surface area contributed by atoms with Crippen molar-refractivity contribution in [3.05, 3.63) is 70.8 Å². The Bertz CT molecular complexity index is 837. The van der Waals surface area contributed by atoms with Crippen LogP contribution < -0.4 is 5.32 Å². The molecule has 1 heterocycles. The number of hydrogen-bond donors (Lipinski definition) is 1. The zero-order chi connectivity index (χ0) is 20.8. The number of nitrogens with one attached hydrogen (secondary N) is 1. The number of amides is 2. The van der Waals surface area contributed by atoms with Crippen LogP contribution in [0.2, 0.25) is 0 Å². The minimum Gasteiger partial charge on any atom is -0.334 e. The van der Waals surface area contributed by atoms with E-state index in [1.807, 2.05) is 62.3 Å². The summed E-state index contributed by atoms with van der Waals surface area (Å²) < 4.78 is 0. The van der Waals surface area contributed by atoms with E-state index in [1.54, 1.807) is 0 Å². The first kappa shape index (κ1) is 21.1. The molecular formula is C24H31N3O2. The van der Waals surface area contributed by atoms with Crippen LogP contribution in [0.15, 0.2) is 48.5 Å². The number of urea groups is 1. The van der Waals surface area contributed by atoms with Gasteiger partial charge in [-0.15, -0.1) is 0 Å². The second kappa shape index (κ2) is 9.70. The maximum atomic E-state index is 12.7. The highest BCUT2D eigenvalue weighted by Crippen LogP contribution is 2.22. The SMILES string of the molecule is Cc1ccc(C(=O)C2CCN(C(=O)NCc3cccc(CN(C)C)c3)CC2)cc1. The molecule has 1 aliphatic heterocycles. The zero-order valence-electron chi connectivity index (χ0n) is 17.6. The normalized spacial score (nSPS) is 14.8. The molecule has 3 rings (SSSR count). The van der Waals surface area contributed by atoms with E-state index < -0.39 is 0 Å². The van der Waals surface area contributed by atoms with Crippen molar-refractivity contribution in [2.75, 3.05) is 27.2 Å². The van der Waals surface area contributed by atoms with Crippen LogP contribution in [0.25, 0.3) is 0 Å². The molecule has 2 aromatic rings. The molecule has 0 aliphatic carbocycles. The van der Waals surface area contributed by atoms with Crippen LogP contribution in [-0.4, -0.2) is 48.8 Å². The molecule has 1 aliphatic rings. The summed E-state index contributed by atoms with van der Waals surface area (Å²) in [4.78, 5) is 29.2. The lowest BCUT2D eigenvalue weighted by atomic mass is 9.89. The predicted octanol–water partition coefficient (Wildman–Crippen LogP) is 3.86. The van der Waals surface area contributed by atoms with E-state index in [1.165, 1.54) is 5.56 Å². The maximum absolute atomic E-state index is 12.7. The first-order valence-electron chi connectivity index (χ1n) is 10.3. The molecule has 0 bridgehead atoms. The van der Waals surface area contributed by atoms with Gasteiger partial charge in [0.2, 0.25) is 0 Å². The van der Waals surface area contributed by atoms with Crippen LogP contribution in [0, 0.1) is 12.8 Å². The summed E-state index contributed by atoms with van der Waals surface area (Å²) in [5.74, 6) is 0.201. The lowest BCUT2D eigenvalue weighted by molar-refractivity contribution is 0.0854. The molecule has 0 saturated carbocycles. The Hall–Kier alpha value is -2.66. The molecule has 1 saturated heterocycles. The number of carbonyl (C=O) groups excluding carboxylic acids is 2. The van der Waals surface area contributed by atoms with Crippen molar-refractivity contribution in [2.45, 2.75) is 32.9 Å². The van der Waals surface area contributed by atoms with Gasteiger partial charge >= 0.3 is 6.03 Å². The highest BCUT2D eigenvalue weighted by Gasteiger charge is 2.27. The van der Waals surface area contributed by atoms with Crippen molar-refractivity contribution >= 4 is 11.8 Å². The lowest BCUT2D eigenvalue weighted by Gasteiger charge is -2.31. The third kappa shape index (κ3) is 5.91. The maximum Gasteiger partial charge on any atom is 0.317 e. The average Bonchev–Trinajstić information content (AvgIpc) is 2.72. The summed E-state index contributed by atoms with van der Waals surface area (Å²) in [5, 5.41) is 3.02. The number of aryl methyl sites for hydroxylation is 1. The van der Waals surface area contributed by atoms with Gasteiger partial charge in [-0.1, -0.05) is 54.1 Å². The molecule has 2 aromatic carbocycles. The Kier molecular flexibility index (Phi) is 7.04. The van der Waals surface area contributed by atoms with Gasteiger partial charge in [-0.3, -0.25) is 4.79 Å². The van der Waals surface area contributed by atoms with Crippen molar-refractivity contribution in [3.8, 4) is 0 Å². The Morgan fingerprint density at radius 1 is 1.03 bits per heavy atom. The summed E-state index contributed by atoms with van der Waals surface area (Å²) in [5.41, 5.74) is 4.26. The van der Waals surface area contributed by atoms with E-state index >= 15 is 0 Å². The number of ketones is 1. The van der Waals surface area contributed by atoms with Gasteiger partial charge in [-0.25, -0.2) is 4.79 Å². The number of benzene rings is 2. The fraction of sp³-hybridized carbons (Fsp3) is 0.417. The fourth-order valence-corrected chi connectivity index (χ4v) is 3.79. The number of Topliss-reactive ketones (excluding diaryl/α,β-unsaturated/α-hetero) is 1. The van der Waals surface area contributed by atoms with Gasteiger partial charge < -0.3 is 15.1 Å². The quantitative estimate of drug-likeness (QED) is 0.758. The summed E-state index contributed by atoms with van der Waals surface area (Å²) in [6, 6.07) is 16.0. The minimum atomic E-state index is -0.0516. The number of piperidine rings is 1. The third-order valence-corrected chi connectivity index (χ3v) is 5.42. The van der Waals surface area contributed by atoms with Crippen molar-refractivity contribution in [1.29, 1.82) is 0 Å². The van der Waals surface area contributed by atoms with E-state index in [9.17, 15) is 9.59 Å². The van der Waals surface area contributed by atoms with E-state index in [-0.39, 0.29) is 17.7 Å². The highest BCUT2D eigenvalue weighted by atomic mass is 16.2. The van der Waals surface area contributed by atoms with Crippen LogP contribution in [0.4, 0.5) is 4.79 Å². The molecule has 5 nitrogen and oxygen atoms in total. The smallest absolute Gasteiger partial charge is 0.317 e. The largest absolute Gasteiger partial charge is 0.334 e. The fourth-order valence-electron chi connectivity index (χ4n) is 3.79. The summed E-state index contributed by atoms with van der Waals surface area (Å²) in [6.45, 7) is 4.65. The number of nitrogens with zero attached hydrogens (tertiary/aromatic N) is 2. The van der Waals surface area contributed by atoms with Gasteiger partial charge in [0.1, 0.15) is 0 Å². The van der Waals surface area contributed by atoms with Crippen LogP contribution in [0.1, 0.15) is 39.9 Å². The molecule has 0 unspecified atom stereocenters. The van der Waals surface area contributed by atoms with Crippen LogP contribution in [0.5, 0.6) is 0 Å². The molecule has 5 heteroatoms. The molecule has 0 atom stereocenters. The van der Waals surface area contributed by atoms with Gasteiger partial charge in [0, 0.05) is 37.7 Å². The zero-order valence-corrected chi connectivity index (χ0v) is 17.6. The number of carbonyl (C=O) groups is 2. The Morgan fingerprint density at radius 2 is 1.69 bits per heavy atom. The van der Waals surface area contributed by atoms with E-state index in [0.717, 1.165) is 36.1 Å². The molecule has 0 radical (unpaired) electrons. The van der Waals surface area contributed by atoms with Crippen molar-refractivity contribution in [2.24, 2.45) is 5.92 Å². The van der Waals surface area contributed by atoms with Crippen molar-refractivity contribution in [3.63, 3.8) is 0 Å². The Morgan fingerprint density at radius 3 is 2.34 bits per heavy atom. The molecule has 1 fully saturated rings. The minimum absolute atomic E-state index is 0.00414. The van der Waals surface area contributed by atoms with Crippen LogP contribution in [0.3, 0.4) is 0 Å². The van der Waals surface area contributed by atoms with Gasteiger partial charge in [-0.05, 0) is 45.0 Å². The van der Waals surface area contributed by atoms with Crippen molar-refractivity contribution < 1.29 is 9.59 Å². The topological polar surface area (TPSA) is 52.7 Å². The monoisotopic (exact) mass is 393 g/mol. The third-order valence-electron chi connectivity index (χ3n) is 5.42. The van der Waals surface area contributed by atoms with E-state index in [0.29, 0.717) is 19.6 Å². The molecule has 0 spiro atoms. The van der Waals surface area contributed by atoms with Gasteiger partial charge in [0.15, 0.2) is 5.78 Å². The van der Waals surface area contributed by atoms with E-state index in [4.69, 9.17) is 0 Å². The first-order valence-corrected chi connectivity index (χ1v) is 10.3. The van der Waals surface area contributed by atoms with Crippen LogP contribution >= 0.6 is 0 Å². The standard InChI is InChI=1S/C24H31N3O2/c1-18-7-9-21(10-8-18)23(28)22-11-13-27(14-12-22)24(29)25-16-19-5-4-6-20(15-19)17-26(2)3/h4-10,15,22H,11-14,16-17H2,1-3H3,(H,25,29). The first-order chi connectivity index (χ1) is 13.9. The highest BCUT2D eigenvalue weighted by molar-refractivity contribution is 5.98. The lowest BCUT2D eigenvalue weighted by Crippen LogP contribution is -2.45. The summed E-state index contributed by atoms with van der Waals surface area (Å²) in [6.07, 6.45) is 1.44. The number of rotatable bonds is 6. The number of hydrogen-bond acceptors (Lipinski definition) is 3. The summed E-state index contributed by atoms with van der Waals surface area (Å²) in [7, 11) is 4.09. The molecule has 1 N–H and O–H groups in total. The second-order valence-corrected chi connectivity index (χ2v) is 8.21. The molecule has 29 heavy (non-hydrogen) atoms. The Balaban J connectivity index is 1.47. The van der Waals surface area contributed by atoms with E-state index in [2.05, 4.69) is 22.3 Å². The Labute approximate surface area is 173 Å². The summed E-state index contributed by atoms with van der Waals surface area (Å²) >= 11 is 0. The molecule has 2 amide bonds. The van der Waals surface area contributed by atoms with Gasteiger partial charge in [-0.2, -0.15) is 0 Å². The van der Waals surface area contributed by atoms with Gasteiger partial charge in [0.25, 0.3) is 0 Å². The molecular weight excluding hydrogens is 362 g/mol. The second-order valence-electron chi connectivity index (χ2n) is 8.21. The molecule has 154 valence electrons. The van der Waals surface area contributed by atoms with Gasteiger partial charge in [0.05, 0.1) is 0 Å². The van der Waals surface area contributed by atoms with Crippen molar-refractivity contribution in [1.82, 2.24) is 15.1 Å².